The highest BCUT2D eigenvalue weighted by atomic mass is 35.5. The summed E-state index contributed by atoms with van der Waals surface area (Å²) in [7, 11) is 0. The molecule has 1 saturated heterocycles. The van der Waals surface area contributed by atoms with Crippen LogP contribution in [0.2, 0.25) is 5.02 Å². The molecule has 2 N–H and O–H groups in total. The van der Waals surface area contributed by atoms with Crippen molar-refractivity contribution < 1.29 is 9.90 Å². The van der Waals surface area contributed by atoms with Crippen LogP contribution in [0.1, 0.15) is 78.8 Å². The fourth-order valence-electron chi connectivity index (χ4n) is 5.68. The Kier molecular flexibility index (Phi) is 7.74. The fraction of sp³-hybridized carbons (Fsp3) is 0.536. The zero-order chi connectivity index (χ0) is 26.2. The van der Waals surface area contributed by atoms with Gasteiger partial charge in [0.2, 0.25) is 0 Å². The van der Waals surface area contributed by atoms with E-state index < -0.39 is 5.60 Å². The summed E-state index contributed by atoms with van der Waals surface area (Å²) in [6, 6.07) is 5.64. The Morgan fingerprint density at radius 1 is 1.31 bits per heavy atom. The summed E-state index contributed by atoms with van der Waals surface area (Å²) in [6.07, 6.45) is 4.26. The van der Waals surface area contributed by atoms with Crippen molar-refractivity contribution in [2.45, 2.75) is 71.8 Å². The molecule has 0 amide bonds. The Bertz CT molecular complexity index is 1310. The molecule has 194 valence electrons. The maximum atomic E-state index is 13.5. The van der Waals surface area contributed by atoms with Crippen LogP contribution in [0.4, 0.5) is 0 Å². The van der Waals surface area contributed by atoms with Gasteiger partial charge in [-0.1, -0.05) is 18.5 Å². The molecular formula is C28H37ClN4O3. The van der Waals surface area contributed by atoms with Gasteiger partial charge in [-0.15, -0.1) is 0 Å². The van der Waals surface area contributed by atoms with Crippen molar-refractivity contribution in [1.29, 1.82) is 0 Å². The number of aliphatic hydroxyl groups is 1. The van der Waals surface area contributed by atoms with E-state index in [0.717, 1.165) is 42.9 Å². The summed E-state index contributed by atoms with van der Waals surface area (Å²) < 4.78 is 1.83. The van der Waals surface area contributed by atoms with Crippen molar-refractivity contribution in [3.8, 4) is 0 Å². The van der Waals surface area contributed by atoms with Gasteiger partial charge in [0.1, 0.15) is 0 Å². The molecule has 0 aliphatic carbocycles. The normalized spacial score (nSPS) is 16.5. The van der Waals surface area contributed by atoms with Crippen molar-refractivity contribution in [3.63, 3.8) is 0 Å². The second kappa shape index (κ2) is 10.5. The van der Waals surface area contributed by atoms with Gasteiger partial charge in [0.15, 0.2) is 5.78 Å². The molecule has 1 aliphatic rings. The molecule has 1 aliphatic heterocycles. The number of hydrogen-bond acceptors (Lipinski definition) is 5. The van der Waals surface area contributed by atoms with E-state index in [1.165, 1.54) is 0 Å². The molecule has 0 aromatic carbocycles. The van der Waals surface area contributed by atoms with Crippen molar-refractivity contribution in [2.75, 3.05) is 19.6 Å². The number of nitrogens with one attached hydrogen (secondary N) is 1. The number of halogens is 1. The number of β-amino-alcohol motifs (C(OH)–C–C–N with tert-alkyl or cyclic N) is 1. The number of nitrogens with zero attached hydrogens (tertiary/aromatic N) is 3. The monoisotopic (exact) mass is 512 g/mol. The van der Waals surface area contributed by atoms with E-state index in [1.807, 2.05) is 50.4 Å². The van der Waals surface area contributed by atoms with Crippen LogP contribution in [0, 0.1) is 19.8 Å². The van der Waals surface area contributed by atoms with Crippen molar-refractivity contribution in [3.05, 3.63) is 67.9 Å². The van der Waals surface area contributed by atoms with Crippen LogP contribution in [0.5, 0.6) is 0 Å². The number of H-pyrrole nitrogens is 1. The minimum Gasteiger partial charge on any atom is -0.389 e. The molecule has 4 rings (SSSR count). The molecule has 3 aromatic rings. The Morgan fingerprint density at radius 2 is 2.00 bits per heavy atom. The van der Waals surface area contributed by atoms with Gasteiger partial charge in [-0.3, -0.25) is 9.59 Å². The highest BCUT2D eigenvalue weighted by Crippen LogP contribution is 2.40. The lowest BCUT2D eigenvalue weighted by atomic mass is 9.83. The van der Waals surface area contributed by atoms with E-state index in [0.29, 0.717) is 40.5 Å². The lowest BCUT2D eigenvalue weighted by molar-refractivity contribution is 0.0229. The molecule has 0 spiro atoms. The van der Waals surface area contributed by atoms with Crippen LogP contribution in [-0.4, -0.2) is 55.6 Å². The van der Waals surface area contributed by atoms with Crippen LogP contribution >= 0.6 is 11.6 Å². The summed E-state index contributed by atoms with van der Waals surface area (Å²) >= 11 is 6.95. The van der Waals surface area contributed by atoms with Gasteiger partial charge in [0.25, 0.3) is 5.56 Å². The quantitative estimate of drug-likeness (QED) is 0.427. The van der Waals surface area contributed by atoms with Crippen molar-refractivity contribution in [1.82, 2.24) is 19.5 Å². The molecule has 8 heteroatoms. The first-order chi connectivity index (χ1) is 17.0. The highest BCUT2D eigenvalue weighted by molar-refractivity contribution is 6.36. The van der Waals surface area contributed by atoms with Gasteiger partial charge < -0.3 is 15.0 Å². The number of fused-ring (bicyclic) bond motifs is 1. The van der Waals surface area contributed by atoms with Crippen LogP contribution in [0.3, 0.4) is 0 Å². The van der Waals surface area contributed by atoms with E-state index in [4.69, 9.17) is 11.6 Å². The smallest absolute Gasteiger partial charge is 0.251 e. The standard InChI is InChI=1S/C28H37ClN4O3/c1-17-15-18(2)31-27(35)21(17)8-9-23(34)24-22-7-6-12-30-33(22)26(25(24)29)19(3)20-10-13-32(14-11-20)16-28(4,5)36/h6-7,12,15,19-20,36H,8-11,13-14,16H2,1-5H3,(H,31,35). The third-order valence-corrected chi connectivity index (χ3v) is 7.82. The van der Waals surface area contributed by atoms with Crippen molar-refractivity contribution in [2.24, 2.45) is 5.92 Å². The number of ketones is 1. The molecule has 7 nitrogen and oxygen atoms in total. The number of carbonyl (C=O) groups excluding carboxylic acids is 1. The molecule has 0 bridgehead atoms. The van der Waals surface area contributed by atoms with E-state index >= 15 is 0 Å². The number of piperidine rings is 1. The second-order valence-electron chi connectivity index (χ2n) is 11.0. The Balaban J connectivity index is 1.57. The molecule has 1 unspecified atom stereocenters. The summed E-state index contributed by atoms with van der Waals surface area (Å²) in [5, 5.41) is 15.2. The Morgan fingerprint density at radius 3 is 2.64 bits per heavy atom. The SMILES string of the molecule is Cc1cc(C)c(CCC(=O)c2c(Cl)c(C(C)C3CCN(CC(C)(C)O)CC3)n3ncccc23)c(=O)[nH]1. The number of likely N-dealkylation sites (tertiary alicyclic amines) is 1. The predicted molar refractivity (Wildman–Crippen MR) is 143 cm³/mol. The molecular weight excluding hydrogens is 476 g/mol. The summed E-state index contributed by atoms with van der Waals surface area (Å²) in [6.45, 7) is 12.1. The topological polar surface area (TPSA) is 90.7 Å². The third kappa shape index (κ3) is 5.58. The van der Waals surface area contributed by atoms with E-state index in [1.54, 1.807) is 6.20 Å². The number of pyridine rings is 1. The minimum absolute atomic E-state index is 0.0803. The zero-order valence-corrected chi connectivity index (χ0v) is 22.7. The average molecular weight is 513 g/mol. The summed E-state index contributed by atoms with van der Waals surface area (Å²) in [5.74, 6) is 0.439. The highest BCUT2D eigenvalue weighted by Gasteiger charge is 2.32. The molecule has 0 radical (unpaired) electrons. The number of rotatable bonds is 8. The van der Waals surface area contributed by atoms with Gasteiger partial charge >= 0.3 is 0 Å². The maximum absolute atomic E-state index is 13.5. The largest absolute Gasteiger partial charge is 0.389 e. The van der Waals surface area contributed by atoms with E-state index in [9.17, 15) is 14.7 Å². The first-order valence-electron chi connectivity index (χ1n) is 12.8. The number of hydrogen-bond donors (Lipinski definition) is 2. The molecule has 4 heterocycles. The van der Waals surface area contributed by atoms with Crippen LogP contribution < -0.4 is 5.56 Å². The lowest BCUT2D eigenvalue weighted by Gasteiger charge is -2.37. The maximum Gasteiger partial charge on any atom is 0.251 e. The zero-order valence-electron chi connectivity index (χ0n) is 21.9. The molecule has 1 fully saturated rings. The van der Waals surface area contributed by atoms with E-state index in [2.05, 4.69) is 21.9 Å². The average Bonchev–Trinajstić information content (AvgIpc) is 3.09. The molecule has 36 heavy (non-hydrogen) atoms. The number of aromatic nitrogens is 3. The first-order valence-corrected chi connectivity index (χ1v) is 13.2. The third-order valence-electron chi connectivity index (χ3n) is 7.44. The van der Waals surface area contributed by atoms with Gasteiger partial charge in [0.05, 0.1) is 27.4 Å². The van der Waals surface area contributed by atoms with Gasteiger partial charge in [-0.2, -0.15) is 5.10 Å². The van der Waals surface area contributed by atoms with Crippen LogP contribution in [0.15, 0.2) is 29.2 Å². The summed E-state index contributed by atoms with van der Waals surface area (Å²) in [4.78, 5) is 31.0. The number of aromatic amines is 1. The number of aryl methyl sites for hydroxylation is 2. The predicted octanol–water partition coefficient (Wildman–Crippen LogP) is 4.69. The molecule has 1 atom stereocenters. The first kappa shape index (κ1) is 26.6. The second-order valence-corrected chi connectivity index (χ2v) is 11.4. The van der Waals surface area contributed by atoms with Gasteiger partial charge in [-0.05, 0) is 89.7 Å². The van der Waals surface area contributed by atoms with Gasteiger partial charge in [-0.25, -0.2) is 4.52 Å². The Labute approximate surface area is 217 Å². The molecule has 3 aromatic heterocycles. The number of carbonyl (C=O) groups is 1. The Hall–Kier alpha value is -2.48. The fourth-order valence-corrected chi connectivity index (χ4v) is 6.14. The lowest BCUT2D eigenvalue weighted by Crippen LogP contribution is -2.43. The minimum atomic E-state index is -0.708. The number of Topliss-reactive ketones (excluding diaryl/α,β-unsaturated/α-hetero) is 1. The van der Waals surface area contributed by atoms with Crippen LogP contribution in [-0.2, 0) is 6.42 Å². The van der Waals surface area contributed by atoms with Gasteiger partial charge in [0, 0.05) is 36.3 Å². The van der Waals surface area contributed by atoms with Crippen molar-refractivity contribution >= 4 is 22.9 Å². The molecule has 0 saturated carbocycles. The van der Waals surface area contributed by atoms with Crippen LogP contribution in [0.25, 0.3) is 5.52 Å². The summed E-state index contributed by atoms with van der Waals surface area (Å²) in [5.41, 5.74) is 3.57. The van der Waals surface area contributed by atoms with E-state index in [-0.39, 0.29) is 23.7 Å².